The number of ether oxygens (including phenoxy) is 2. The predicted molar refractivity (Wildman–Crippen MR) is 84.0 cm³/mol. The number of hydrogen-bond acceptors (Lipinski definition) is 6. The Morgan fingerprint density at radius 1 is 1.33 bits per heavy atom. The molecule has 0 saturated carbocycles. The van der Waals surface area contributed by atoms with Gasteiger partial charge in [0.15, 0.2) is 11.6 Å². The fourth-order valence-corrected chi connectivity index (χ4v) is 2.59. The molecule has 0 aliphatic carbocycles. The number of nitrogens with one attached hydrogen (secondary N) is 2. The zero-order valence-electron chi connectivity index (χ0n) is 13.2. The van der Waals surface area contributed by atoms with Crippen LogP contribution < -0.4 is 15.4 Å². The largest absolute Gasteiger partial charge is 0.490 e. The Hall–Kier alpha value is -1.56. The van der Waals surface area contributed by atoms with Gasteiger partial charge in [0.25, 0.3) is 0 Å². The smallest absolute Gasteiger partial charge is 0.204 e. The van der Waals surface area contributed by atoms with E-state index in [1.54, 1.807) is 13.4 Å². The van der Waals surface area contributed by atoms with Gasteiger partial charge in [-0.2, -0.15) is 0 Å². The monoisotopic (exact) mass is 294 g/mol. The second kappa shape index (κ2) is 8.02. The van der Waals surface area contributed by atoms with Gasteiger partial charge in [-0.3, -0.25) is 0 Å². The fourth-order valence-electron chi connectivity index (χ4n) is 2.59. The molecule has 1 aromatic rings. The molecule has 0 radical (unpaired) electrons. The summed E-state index contributed by atoms with van der Waals surface area (Å²) in [6.45, 7) is 6.87. The quantitative estimate of drug-likeness (QED) is 0.805. The molecule has 2 N–H and O–H groups in total. The summed E-state index contributed by atoms with van der Waals surface area (Å²) in [5, 5.41) is 6.75. The van der Waals surface area contributed by atoms with E-state index < -0.39 is 0 Å². The van der Waals surface area contributed by atoms with Crippen molar-refractivity contribution in [3.05, 3.63) is 6.33 Å². The first-order valence-corrected chi connectivity index (χ1v) is 7.73. The molecule has 118 valence electrons. The highest BCUT2D eigenvalue weighted by molar-refractivity contribution is 5.63. The molecule has 0 aromatic carbocycles. The van der Waals surface area contributed by atoms with Crippen molar-refractivity contribution in [3.63, 3.8) is 0 Å². The van der Waals surface area contributed by atoms with Crippen LogP contribution in [-0.2, 0) is 4.74 Å². The van der Waals surface area contributed by atoms with Gasteiger partial charge in [-0.25, -0.2) is 9.97 Å². The highest BCUT2D eigenvalue weighted by atomic mass is 16.5. The van der Waals surface area contributed by atoms with Crippen molar-refractivity contribution in [1.29, 1.82) is 0 Å². The van der Waals surface area contributed by atoms with Crippen LogP contribution in [-0.4, -0.2) is 42.9 Å². The Morgan fingerprint density at radius 2 is 2.05 bits per heavy atom. The normalized spacial score (nSPS) is 17.3. The van der Waals surface area contributed by atoms with Crippen LogP contribution in [0.4, 0.5) is 11.6 Å². The molecule has 1 aromatic heterocycles. The van der Waals surface area contributed by atoms with Crippen molar-refractivity contribution >= 4 is 11.6 Å². The highest BCUT2D eigenvalue weighted by Crippen LogP contribution is 2.31. The molecule has 1 saturated heterocycles. The topological polar surface area (TPSA) is 68.3 Å². The summed E-state index contributed by atoms with van der Waals surface area (Å²) >= 11 is 0. The Kier molecular flexibility index (Phi) is 6.04. The lowest BCUT2D eigenvalue weighted by Gasteiger charge is -2.29. The Labute approximate surface area is 126 Å². The van der Waals surface area contributed by atoms with E-state index in [1.807, 2.05) is 0 Å². The molecule has 0 amide bonds. The van der Waals surface area contributed by atoms with E-state index >= 15 is 0 Å². The van der Waals surface area contributed by atoms with Crippen LogP contribution in [0.25, 0.3) is 0 Å². The SMILES string of the molecule is CCCNc1ncnc(NC(C)C2CCOCC2)c1OC. The van der Waals surface area contributed by atoms with E-state index in [1.165, 1.54) is 0 Å². The van der Waals surface area contributed by atoms with Crippen LogP contribution in [0.3, 0.4) is 0 Å². The van der Waals surface area contributed by atoms with Crippen LogP contribution >= 0.6 is 0 Å². The maximum absolute atomic E-state index is 5.49. The summed E-state index contributed by atoms with van der Waals surface area (Å²) in [7, 11) is 1.65. The van der Waals surface area contributed by atoms with Crippen molar-refractivity contribution in [3.8, 4) is 5.75 Å². The molecule has 1 aliphatic heterocycles. The lowest BCUT2D eigenvalue weighted by atomic mass is 9.93. The van der Waals surface area contributed by atoms with Gasteiger partial charge in [0.2, 0.25) is 5.75 Å². The molecule has 21 heavy (non-hydrogen) atoms. The van der Waals surface area contributed by atoms with Crippen molar-refractivity contribution in [1.82, 2.24) is 9.97 Å². The van der Waals surface area contributed by atoms with E-state index in [4.69, 9.17) is 9.47 Å². The molecule has 0 spiro atoms. The zero-order chi connectivity index (χ0) is 15.1. The number of rotatable bonds is 7. The van der Waals surface area contributed by atoms with Gasteiger partial charge in [-0.05, 0) is 32.1 Å². The standard InChI is InChI=1S/C15H26N4O2/c1-4-7-16-14-13(20-3)15(18-10-17-14)19-11(2)12-5-8-21-9-6-12/h10-12H,4-9H2,1-3H3,(H2,16,17,18,19). The van der Waals surface area contributed by atoms with E-state index in [2.05, 4.69) is 34.4 Å². The van der Waals surface area contributed by atoms with Crippen LogP contribution in [0.1, 0.15) is 33.1 Å². The molecule has 1 aliphatic rings. The maximum atomic E-state index is 5.49. The molecular weight excluding hydrogens is 268 g/mol. The minimum atomic E-state index is 0.330. The average molecular weight is 294 g/mol. The first-order chi connectivity index (χ1) is 10.3. The molecule has 1 unspecified atom stereocenters. The number of methoxy groups -OCH3 is 1. The predicted octanol–water partition coefficient (Wildman–Crippen LogP) is 2.53. The molecule has 6 heteroatoms. The minimum Gasteiger partial charge on any atom is -0.490 e. The average Bonchev–Trinajstić information content (AvgIpc) is 2.53. The summed E-state index contributed by atoms with van der Waals surface area (Å²) in [4.78, 5) is 8.59. The third kappa shape index (κ3) is 4.20. The van der Waals surface area contributed by atoms with Gasteiger partial charge < -0.3 is 20.1 Å². The van der Waals surface area contributed by atoms with Crippen LogP contribution in [0, 0.1) is 5.92 Å². The van der Waals surface area contributed by atoms with Crippen LogP contribution in [0.2, 0.25) is 0 Å². The van der Waals surface area contributed by atoms with Gasteiger partial charge >= 0.3 is 0 Å². The molecular formula is C15H26N4O2. The van der Waals surface area contributed by atoms with E-state index in [9.17, 15) is 0 Å². The first-order valence-electron chi connectivity index (χ1n) is 7.73. The third-order valence-electron chi connectivity index (χ3n) is 3.89. The van der Waals surface area contributed by atoms with Crippen LogP contribution in [0.5, 0.6) is 5.75 Å². The zero-order valence-corrected chi connectivity index (χ0v) is 13.2. The number of aromatic nitrogens is 2. The minimum absolute atomic E-state index is 0.330. The molecule has 2 rings (SSSR count). The second-order valence-electron chi connectivity index (χ2n) is 5.41. The van der Waals surface area contributed by atoms with Crippen molar-refractivity contribution < 1.29 is 9.47 Å². The summed E-state index contributed by atoms with van der Waals surface area (Å²) in [6.07, 6.45) is 4.78. The number of hydrogen-bond donors (Lipinski definition) is 2. The molecule has 6 nitrogen and oxygen atoms in total. The van der Waals surface area contributed by atoms with Gasteiger partial charge in [0, 0.05) is 25.8 Å². The van der Waals surface area contributed by atoms with Gasteiger partial charge in [0.1, 0.15) is 6.33 Å². The molecule has 2 heterocycles. The van der Waals surface area contributed by atoms with E-state index in [-0.39, 0.29) is 0 Å². The highest BCUT2D eigenvalue weighted by Gasteiger charge is 2.22. The van der Waals surface area contributed by atoms with E-state index in [0.29, 0.717) is 17.7 Å². The number of anilines is 2. The van der Waals surface area contributed by atoms with Gasteiger partial charge in [-0.15, -0.1) is 0 Å². The summed E-state index contributed by atoms with van der Waals surface area (Å²) < 4.78 is 10.9. The summed E-state index contributed by atoms with van der Waals surface area (Å²) in [5.41, 5.74) is 0. The Balaban J connectivity index is 2.07. The second-order valence-corrected chi connectivity index (χ2v) is 5.41. The summed E-state index contributed by atoms with van der Waals surface area (Å²) in [5.74, 6) is 2.79. The van der Waals surface area contributed by atoms with Crippen molar-refractivity contribution in [2.45, 2.75) is 39.2 Å². The molecule has 1 atom stereocenters. The Morgan fingerprint density at radius 3 is 2.71 bits per heavy atom. The lowest BCUT2D eigenvalue weighted by Crippen LogP contribution is -2.31. The van der Waals surface area contributed by atoms with Crippen LogP contribution in [0.15, 0.2) is 6.33 Å². The van der Waals surface area contributed by atoms with Gasteiger partial charge in [0.05, 0.1) is 7.11 Å². The first kappa shape index (κ1) is 15.8. The maximum Gasteiger partial charge on any atom is 0.204 e. The molecule has 0 bridgehead atoms. The fraction of sp³-hybridized carbons (Fsp3) is 0.733. The summed E-state index contributed by atoms with van der Waals surface area (Å²) in [6, 6.07) is 0.330. The number of nitrogens with zero attached hydrogens (tertiary/aromatic N) is 2. The third-order valence-corrected chi connectivity index (χ3v) is 3.89. The molecule has 1 fully saturated rings. The van der Waals surface area contributed by atoms with Crippen molar-refractivity contribution in [2.75, 3.05) is 37.5 Å². The Bertz CT molecular complexity index is 436. The lowest BCUT2D eigenvalue weighted by molar-refractivity contribution is 0.0622. The van der Waals surface area contributed by atoms with Gasteiger partial charge in [-0.1, -0.05) is 6.92 Å². The van der Waals surface area contributed by atoms with E-state index in [0.717, 1.165) is 50.7 Å². The van der Waals surface area contributed by atoms with Crippen molar-refractivity contribution in [2.24, 2.45) is 5.92 Å².